The van der Waals surface area contributed by atoms with Crippen LogP contribution in [0.15, 0.2) is 47.4 Å². The number of methoxy groups -OCH3 is 1. The van der Waals surface area contributed by atoms with Gasteiger partial charge in [0.25, 0.3) is 5.91 Å². The zero-order valence-electron chi connectivity index (χ0n) is 16.1. The lowest BCUT2D eigenvalue weighted by molar-refractivity contribution is -0.119. The van der Waals surface area contributed by atoms with Gasteiger partial charge >= 0.3 is 5.97 Å². The third-order valence-electron chi connectivity index (χ3n) is 3.56. The van der Waals surface area contributed by atoms with Gasteiger partial charge < -0.3 is 25.3 Å². The fraction of sp³-hybridized carbons (Fsp3) is 0.250. The van der Waals surface area contributed by atoms with Crippen LogP contribution in [0.1, 0.15) is 17.3 Å². The van der Waals surface area contributed by atoms with Crippen molar-refractivity contribution in [2.75, 3.05) is 31.4 Å². The highest BCUT2D eigenvalue weighted by molar-refractivity contribution is 8.00. The number of nitrogens with two attached hydrogens (primary N) is 1. The highest BCUT2D eigenvalue weighted by Crippen LogP contribution is 2.28. The maximum atomic E-state index is 12.2. The van der Waals surface area contributed by atoms with Gasteiger partial charge in [-0.15, -0.1) is 11.8 Å². The number of amides is 2. The highest BCUT2D eigenvalue weighted by Gasteiger charge is 2.15. The number of nitrogens with one attached hydrogen (secondary N) is 1. The van der Waals surface area contributed by atoms with Crippen molar-refractivity contribution in [1.82, 2.24) is 0 Å². The van der Waals surface area contributed by atoms with E-state index in [1.165, 1.54) is 31.0 Å². The fourth-order valence-electron chi connectivity index (χ4n) is 2.31. The van der Waals surface area contributed by atoms with Crippen molar-refractivity contribution in [2.24, 2.45) is 5.73 Å². The van der Waals surface area contributed by atoms with E-state index in [1.807, 2.05) is 6.92 Å². The van der Waals surface area contributed by atoms with Gasteiger partial charge in [0.05, 0.1) is 30.7 Å². The molecule has 0 fully saturated rings. The zero-order chi connectivity index (χ0) is 21.2. The van der Waals surface area contributed by atoms with Gasteiger partial charge in [-0.25, -0.2) is 4.79 Å². The normalized spacial score (nSPS) is 10.1. The first-order valence-electron chi connectivity index (χ1n) is 8.72. The molecular weight excluding hydrogens is 396 g/mol. The molecule has 2 rings (SSSR count). The Morgan fingerprint density at radius 1 is 1.10 bits per heavy atom. The van der Waals surface area contributed by atoms with Crippen LogP contribution in [0.4, 0.5) is 5.69 Å². The maximum Gasteiger partial charge on any atom is 0.338 e. The third-order valence-corrected chi connectivity index (χ3v) is 4.66. The van der Waals surface area contributed by atoms with Crippen LogP contribution in [0.3, 0.4) is 0 Å². The molecule has 3 N–H and O–H groups in total. The number of rotatable bonds is 10. The van der Waals surface area contributed by atoms with Crippen LogP contribution in [-0.4, -0.2) is 43.9 Å². The predicted octanol–water partition coefficient (Wildman–Crippen LogP) is 2.47. The molecule has 0 bridgehead atoms. The van der Waals surface area contributed by atoms with Gasteiger partial charge in [-0.2, -0.15) is 0 Å². The molecule has 8 nitrogen and oxygen atoms in total. The first-order valence-corrected chi connectivity index (χ1v) is 9.71. The van der Waals surface area contributed by atoms with Crippen LogP contribution < -0.4 is 20.5 Å². The second-order valence-corrected chi connectivity index (χ2v) is 6.69. The number of esters is 1. The molecule has 2 aromatic rings. The number of anilines is 1. The van der Waals surface area contributed by atoms with Crippen molar-refractivity contribution in [1.29, 1.82) is 0 Å². The number of ether oxygens (including phenoxy) is 3. The van der Waals surface area contributed by atoms with Crippen LogP contribution in [0.2, 0.25) is 0 Å². The van der Waals surface area contributed by atoms with Gasteiger partial charge in [0, 0.05) is 4.90 Å². The fourth-order valence-corrected chi connectivity index (χ4v) is 3.06. The molecule has 0 aliphatic carbocycles. The summed E-state index contributed by atoms with van der Waals surface area (Å²) in [6.07, 6.45) is 0. The Morgan fingerprint density at radius 3 is 2.55 bits per heavy atom. The SMILES string of the molecule is CCOc1ccc(C(=O)OCC(=O)Nc2ccccc2SCC(N)=O)cc1OC. The molecule has 0 aliphatic heterocycles. The quantitative estimate of drug-likeness (QED) is 0.450. The van der Waals surface area contributed by atoms with Crippen molar-refractivity contribution >= 4 is 35.2 Å². The first kappa shape index (κ1) is 22.1. The Bertz CT molecular complexity index is 887. The first-order chi connectivity index (χ1) is 13.9. The molecule has 0 saturated carbocycles. The average molecular weight is 418 g/mol. The van der Waals surface area contributed by atoms with Crippen LogP contribution in [0.25, 0.3) is 0 Å². The lowest BCUT2D eigenvalue weighted by Gasteiger charge is -2.12. The standard InChI is InChI=1S/C20H22N2O6S/c1-3-27-15-9-8-13(10-16(15)26-2)20(25)28-11-19(24)22-14-6-4-5-7-17(14)29-12-18(21)23/h4-10H,3,11-12H2,1-2H3,(H2,21,23)(H,22,24). The summed E-state index contributed by atoms with van der Waals surface area (Å²) >= 11 is 1.20. The number of carbonyl (C=O) groups excluding carboxylic acids is 3. The molecule has 0 atom stereocenters. The molecule has 154 valence electrons. The van der Waals surface area contributed by atoms with Gasteiger partial charge in [0.1, 0.15) is 0 Å². The second-order valence-electron chi connectivity index (χ2n) is 5.67. The van der Waals surface area contributed by atoms with E-state index in [0.29, 0.717) is 28.7 Å². The molecule has 0 saturated heterocycles. The summed E-state index contributed by atoms with van der Waals surface area (Å²) in [5.74, 6) is -0.654. The Balaban J connectivity index is 1.96. The molecule has 0 aliphatic rings. The summed E-state index contributed by atoms with van der Waals surface area (Å²) in [6.45, 7) is 1.83. The minimum absolute atomic E-state index is 0.0848. The minimum Gasteiger partial charge on any atom is -0.493 e. The van der Waals surface area contributed by atoms with E-state index in [9.17, 15) is 14.4 Å². The van der Waals surface area contributed by atoms with Crippen molar-refractivity contribution in [3.63, 3.8) is 0 Å². The maximum absolute atomic E-state index is 12.2. The van der Waals surface area contributed by atoms with Crippen molar-refractivity contribution in [2.45, 2.75) is 11.8 Å². The van der Waals surface area contributed by atoms with E-state index in [-0.39, 0.29) is 11.3 Å². The lowest BCUT2D eigenvalue weighted by atomic mass is 10.2. The number of thioether (sulfide) groups is 1. The molecule has 0 unspecified atom stereocenters. The largest absolute Gasteiger partial charge is 0.493 e. The summed E-state index contributed by atoms with van der Waals surface area (Å²) in [5, 5.41) is 2.66. The smallest absolute Gasteiger partial charge is 0.338 e. The summed E-state index contributed by atoms with van der Waals surface area (Å²) in [6, 6.07) is 11.6. The highest BCUT2D eigenvalue weighted by atomic mass is 32.2. The number of hydrogen-bond donors (Lipinski definition) is 2. The Labute approximate surface area is 172 Å². The van der Waals surface area contributed by atoms with Crippen molar-refractivity contribution in [3.8, 4) is 11.5 Å². The molecule has 29 heavy (non-hydrogen) atoms. The summed E-state index contributed by atoms with van der Waals surface area (Å²) < 4.78 is 15.7. The third kappa shape index (κ3) is 6.72. The lowest BCUT2D eigenvalue weighted by Crippen LogP contribution is -2.21. The minimum atomic E-state index is -0.669. The topological polar surface area (TPSA) is 117 Å². The van der Waals surface area contributed by atoms with Crippen LogP contribution in [0.5, 0.6) is 11.5 Å². The Kier molecular flexibility index (Phi) is 8.35. The molecule has 2 amide bonds. The van der Waals surface area contributed by atoms with Crippen LogP contribution >= 0.6 is 11.8 Å². The summed E-state index contributed by atoms with van der Waals surface area (Å²) in [4.78, 5) is 36.0. The van der Waals surface area contributed by atoms with E-state index >= 15 is 0 Å². The average Bonchev–Trinajstić information content (AvgIpc) is 2.71. The number of hydrogen-bond acceptors (Lipinski definition) is 7. The molecule has 9 heteroatoms. The summed E-state index contributed by atoms with van der Waals surface area (Å²) in [7, 11) is 1.47. The van der Waals surface area contributed by atoms with Crippen molar-refractivity contribution in [3.05, 3.63) is 48.0 Å². The molecule has 0 aromatic heterocycles. The summed E-state index contributed by atoms with van der Waals surface area (Å²) in [5.41, 5.74) is 5.89. The van der Waals surface area contributed by atoms with Gasteiger partial charge in [-0.1, -0.05) is 12.1 Å². The number of benzene rings is 2. The van der Waals surface area contributed by atoms with Crippen molar-refractivity contribution < 1.29 is 28.6 Å². The number of carbonyl (C=O) groups is 3. The van der Waals surface area contributed by atoms with Crippen LogP contribution in [-0.2, 0) is 14.3 Å². The zero-order valence-corrected chi connectivity index (χ0v) is 16.9. The molecule has 0 radical (unpaired) electrons. The second kappa shape index (κ2) is 11.0. The van der Waals surface area contributed by atoms with E-state index in [4.69, 9.17) is 19.9 Å². The number of para-hydroxylation sites is 1. The van der Waals surface area contributed by atoms with E-state index in [0.717, 1.165) is 0 Å². The van der Waals surface area contributed by atoms with Crippen LogP contribution in [0, 0.1) is 0 Å². The molecule has 0 heterocycles. The van der Waals surface area contributed by atoms with Gasteiger partial charge in [0.15, 0.2) is 18.1 Å². The molecule has 0 spiro atoms. The van der Waals surface area contributed by atoms with E-state index in [2.05, 4.69) is 5.32 Å². The number of primary amides is 1. The Morgan fingerprint density at radius 2 is 1.86 bits per heavy atom. The Hall–Kier alpha value is -3.20. The van der Waals surface area contributed by atoms with E-state index < -0.39 is 24.4 Å². The van der Waals surface area contributed by atoms with E-state index in [1.54, 1.807) is 30.3 Å². The van der Waals surface area contributed by atoms with Gasteiger partial charge in [-0.3, -0.25) is 9.59 Å². The molecule has 2 aromatic carbocycles. The van der Waals surface area contributed by atoms with Gasteiger partial charge in [-0.05, 0) is 37.3 Å². The predicted molar refractivity (Wildman–Crippen MR) is 109 cm³/mol. The van der Waals surface area contributed by atoms with Gasteiger partial charge in [0.2, 0.25) is 5.91 Å². The monoisotopic (exact) mass is 418 g/mol. The molecular formula is C20H22N2O6S.